The van der Waals surface area contributed by atoms with E-state index in [2.05, 4.69) is 5.32 Å². The molecule has 0 radical (unpaired) electrons. The highest BCUT2D eigenvalue weighted by Crippen LogP contribution is 2.38. The highest BCUT2D eigenvalue weighted by atomic mass is 35.5. The molecule has 1 heterocycles. The first kappa shape index (κ1) is 31.7. The van der Waals surface area contributed by atoms with Crippen LogP contribution in [0.4, 0.5) is 10.5 Å². The average molecular weight is 647 g/mol. The summed E-state index contributed by atoms with van der Waals surface area (Å²) in [5, 5.41) is 12.2. The van der Waals surface area contributed by atoms with Gasteiger partial charge >= 0.3 is 12.1 Å². The summed E-state index contributed by atoms with van der Waals surface area (Å²) >= 11 is 7.54. The van der Waals surface area contributed by atoms with Gasteiger partial charge in [0, 0.05) is 16.5 Å². The molecule has 1 saturated heterocycles. The number of carbonyl (C=O) groups excluding carboxylic acids is 2. The topological polar surface area (TPSA) is 114 Å². The van der Waals surface area contributed by atoms with Crippen molar-refractivity contribution < 1.29 is 33.7 Å². The van der Waals surface area contributed by atoms with Crippen LogP contribution in [0, 0.1) is 0 Å². The minimum Gasteiger partial charge on any atom is -0.497 e. The van der Waals surface area contributed by atoms with Crippen LogP contribution < -0.4 is 14.8 Å². The first-order valence-corrected chi connectivity index (χ1v) is 15.5. The molecule has 45 heavy (non-hydrogen) atoms. The average Bonchev–Trinajstić information content (AvgIpc) is 3.46. The van der Waals surface area contributed by atoms with Gasteiger partial charge in [-0.15, -0.1) is 11.8 Å². The van der Waals surface area contributed by atoms with Crippen molar-refractivity contribution in [2.75, 3.05) is 25.6 Å². The Labute approximate surface area is 270 Å². The number of hydrogen-bond acceptors (Lipinski definition) is 8. The molecule has 4 aromatic carbocycles. The molecule has 0 spiro atoms. The van der Waals surface area contributed by atoms with Crippen molar-refractivity contribution in [1.82, 2.24) is 4.90 Å². The molecule has 1 fully saturated rings. The van der Waals surface area contributed by atoms with Crippen molar-refractivity contribution in [2.45, 2.75) is 23.1 Å². The maximum absolute atomic E-state index is 14.6. The van der Waals surface area contributed by atoms with Crippen LogP contribution in [-0.4, -0.2) is 53.5 Å². The number of imide groups is 1. The molecule has 9 nitrogen and oxygen atoms in total. The molecule has 11 heteroatoms. The van der Waals surface area contributed by atoms with E-state index in [9.17, 15) is 14.4 Å². The van der Waals surface area contributed by atoms with E-state index in [0.29, 0.717) is 22.2 Å². The number of rotatable bonds is 13. The first-order chi connectivity index (χ1) is 21.8. The van der Waals surface area contributed by atoms with Crippen LogP contribution >= 0.6 is 23.4 Å². The van der Waals surface area contributed by atoms with Gasteiger partial charge in [-0.2, -0.15) is 0 Å². The van der Waals surface area contributed by atoms with E-state index in [1.54, 1.807) is 43.5 Å². The zero-order valence-electron chi connectivity index (χ0n) is 24.3. The molecule has 232 valence electrons. The Kier molecular flexibility index (Phi) is 10.5. The van der Waals surface area contributed by atoms with E-state index in [0.717, 1.165) is 22.4 Å². The van der Waals surface area contributed by atoms with Crippen molar-refractivity contribution >= 4 is 47.0 Å². The first-order valence-electron chi connectivity index (χ1n) is 14.1. The van der Waals surface area contributed by atoms with E-state index < -0.39 is 41.9 Å². The van der Waals surface area contributed by atoms with Gasteiger partial charge in [-0.1, -0.05) is 66.2 Å². The monoisotopic (exact) mass is 646 g/mol. The molecular formula is C34H31ClN2O7S. The van der Waals surface area contributed by atoms with Gasteiger partial charge < -0.3 is 24.6 Å². The summed E-state index contributed by atoms with van der Waals surface area (Å²) in [4.78, 5) is 40.0. The Morgan fingerprint density at radius 3 is 2.29 bits per heavy atom. The zero-order valence-corrected chi connectivity index (χ0v) is 25.9. The van der Waals surface area contributed by atoms with E-state index in [1.165, 1.54) is 16.7 Å². The van der Waals surface area contributed by atoms with E-state index in [4.69, 9.17) is 30.9 Å². The number of ether oxygens (including phenoxy) is 3. The quantitative estimate of drug-likeness (QED) is 0.159. The summed E-state index contributed by atoms with van der Waals surface area (Å²) in [6, 6.07) is 29.6. The normalized spacial score (nSPS) is 15.6. The highest BCUT2D eigenvalue weighted by molar-refractivity contribution is 7.99. The zero-order chi connectivity index (χ0) is 31.8. The van der Waals surface area contributed by atoms with Crippen LogP contribution in [-0.2, 0) is 20.1 Å². The van der Waals surface area contributed by atoms with E-state index in [1.807, 2.05) is 66.7 Å². The Morgan fingerprint density at radius 2 is 1.64 bits per heavy atom. The molecule has 4 aromatic rings. The summed E-state index contributed by atoms with van der Waals surface area (Å²) in [7, 11) is 1.60. The van der Waals surface area contributed by atoms with Crippen LogP contribution in [0.3, 0.4) is 0 Å². The summed E-state index contributed by atoms with van der Waals surface area (Å²) in [6.45, 7) is -0.433. The minimum absolute atomic E-state index is 0.0509. The minimum atomic E-state index is -1.09. The maximum Gasteiger partial charge on any atom is 0.417 e. The SMILES string of the molecule is COc1ccc(CSC(C(=O)N2C(=O)OC[C@@H]2c2ccccc2)[C@H](Nc2ccc(Cl)cc2)c2ccc(OCC(=O)O)cc2)cc1. The lowest BCUT2D eigenvalue weighted by molar-refractivity contribution is -0.139. The second kappa shape index (κ2) is 14.9. The number of thioether (sulfide) groups is 1. The number of halogens is 1. The van der Waals surface area contributed by atoms with Gasteiger partial charge in [0.2, 0.25) is 5.91 Å². The third-order valence-corrected chi connectivity index (χ3v) is 8.78. The number of cyclic esters (lactones) is 1. The smallest absolute Gasteiger partial charge is 0.417 e. The standard InChI is InChI=1S/C34H31ClN2O7S/c1-42-27-15-7-22(8-16-27)21-45-32(33(40)37-29(19-44-34(37)41)23-5-3-2-4-6-23)31(36-26-13-11-25(35)12-14-26)24-9-17-28(18-10-24)43-20-30(38)39/h2-18,29,31-32,36H,19-21H2,1H3,(H,38,39)/t29-,31-,32?/m1/s1. The summed E-state index contributed by atoms with van der Waals surface area (Å²) in [6.07, 6.45) is -0.702. The molecule has 0 aromatic heterocycles. The number of carbonyl (C=O) groups is 3. The third-order valence-electron chi connectivity index (χ3n) is 7.20. The van der Waals surface area contributed by atoms with Crippen molar-refractivity contribution in [3.05, 3.63) is 125 Å². The summed E-state index contributed by atoms with van der Waals surface area (Å²) in [5.41, 5.74) is 3.18. The molecule has 1 unspecified atom stereocenters. The Hall–Kier alpha value is -4.67. The van der Waals surface area contributed by atoms with Gasteiger partial charge in [-0.25, -0.2) is 14.5 Å². The fourth-order valence-electron chi connectivity index (χ4n) is 4.92. The van der Waals surface area contributed by atoms with Crippen molar-refractivity contribution in [3.63, 3.8) is 0 Å². The van der Waals surface area contributed by atoms with Gasteiger partial charge in [0.25, 0.3) is 0 Å². The Bertz CT molecular complexity index is 1600. The molecule has 0 aliphatic carbocycles. The molecular weight excluding hydrogens is 616 g/mol. The summed E-state index contributed by atoms with van der Waals surface area (Å²) in [5.74, 6) is 0.0366. The predicted octanol–water partition coefficient (Wildman–Crippen LogP) is 6.99. The van der Waals surface area contributed by atoms with Gasteiger partial charge in [-0.05, 0) is 65.2 Å². The summed E-state index contributed by atoms with van der Waals surface area (Å²) < 4.78 is 16.0. The number of carboxylic acid groups (broad SMARTS) is 1. The number of anilines is 1. The molecule has 2 N–H and O–H groups in total. The third kappa shape index (κ3) is 8.09. The fraction of sp³-hybridized carbons (Fsp3) is 0.206. The molecule has 0 saturated carbocycles. The van der Waals surface area contributed by atoms with E-state index in [-0.39, 0.29) is 6.61 Å². The number of carboxylic acids is 1. The van der Waals surface area contributed by atoms with Crippen LogP contribution in [0.1, 0.15) is 28.8 Å². The van der Waals surface area contributed by atoms with Gasteiger partial charge in [-0.3, -0.25) is 4.79 Å². The lowest BCUT2D eigenvalue weighted by Crippen LogP contribution is -2.44. The number of hydrogen-bond donors (Lipinski definition) is 2. The largest absolute Gasteiger partial charge is 0.497 e. The molecule has 1 aliphatic heterocycles. The maximum atomic E-state index is 14.6. The van der Waals surface area contributed by atoms with Crippen LogP contribution in [0.5, 0.6) is 11.5 Å². The second-order valence-electron chi connectivity index (χ2n) is 10.2. The van der Waals surface area contributed by atoms with Crippen LogP contribution in [0.15, 0.2) is 103 Å². The second-order valence-corrected chi connectivity index (χ2v) is 11.7. The lowest BCUT2D eigenvalue weighted by atomic mass is 10.00. The van der Waals surface area contributed by atoms with Crippen molar-refractivity contribution in [1.29, 1.82) is 0 Å². The van der Waals surface area contributed by atoms with Crippen molar-refractivity contribution in [3.8, 4) is 11.5 Å². The Balaban J connectivity index is 1.53. The number of nitrogens with one attached hydrogen (secondary N) is 1. The van der Waals surface area contributed by atoms with Gasteiger partial charge in [0.05, 0.1) is 13.2 Å². The number of amides is 2. The Morgan fingerprint density at radius 1 is 0.978 bits per heavy atom. The molecule has 5 rings (SSSR count). The predicted molar refractivity (Wildman–Crippen MR) is 173 cm³/mol. The number of methoxy groups -OCH3 is 1. The van der Waals surface area contributed by atoms with Gasteiger partial charge in [0.15, 0.2) is 6.61 Å². The molecule has 1 aliphatic rings. The number of nitrogens with zero attached hydrogens (tertiary/aromatic N) is 1. The number of aliphatic carboxylic acids is 1. The lowest BCUT2D eigenvalue weighted by Gasteiger charge is -2.32. The van der Waals surface area contributed by atoms with Crippen molar-refractivity contribution in [2.24, 2.45) is 0 Å². The molecule has 2 amide bonds. The molecule has 0 bridgehead atoms. The number of benzene rings is 4. The van der Waals surface area contributed by atoms with Crippen LogP contribution in [0.25, 0.3) is 0 Å². The van der Waals surface area contributed by atoms with Crippen LogP contribution in [0.2, 0.25) is 5.02 Å². The fourth-order valence-corrected chi connectivity index (χ4v) is 6.28. The highest BCUT2D eigenvalue weighted by Gasteiger charge is 2.44. The van der Waals surface area contributed by atoms with E-state index >= 15 is 0 Å². The molecule has 3 atom stereocenters. The van der Waals surface area contributed by atoms with Gasteiger partial charge in [0.1, 0.15) is 29.4 Å².